The molecular weight excluding hydrogens is 212 g/mol. The van der Waals surface area contributed by atoms with Gasteiger partial charge in [0.25, 0.3) is 0 Å². The fourth-order valence-corrected chi connectivity index (χ4v) is 1.53. The second-order valence-corrected chi connectivity index (χ2v) is 5.75. The number of nitrogens with zero attached hydrogens (tertiary/aromatic N) is 1. The summed E-state index contributed by atoms with van der Waals surface area (Å²) >= 11 is 0. The Kier molecular flexibility index (Phi) is 7.68. The number of nitrogens with one attached hydrogen (secondary N) is 1. The number of amides is 2. The first kappa shape index (κ1) is 16.0. The largest absolute Gasteiger partial charge is 0.324 e. The lowest BCUT2D eigenvalue weighted by Crippen LogP contribution is -2.41. The van der Waals surface area contributed by atoms with E-state index in [1.807, 2.05) is 11.0 Å². The van der Waals surface area contributed by atoms with Gasteiger partial charge in [0.1, 0.15) is 0 Å². The molecule has 1 N–H and O–H groups in total. The predicted molar refractivity (Wildman–Crippen MR) is 73.8 cm³/mol. The number of allylic oxidation sites excluding steroid dienone is 1. The van der Waals surface area contributed by atoms with Crippen LogP contribution in [0.15, 0.2) is 12.3 Å². The molecule has 0 rings (SSSR count). The van der Waals surface area contributed by atoms with Crippen LogP contribution in [-0.2, 0) is 0 Å². The van der Waals surface area contributed by atoms with Crippen molar-refractivity contribution >= 4 is 6.03 Å². The Morgan fingerprint density at radius 2 is 1.53 bits per heavy atom. The molecule has 0 aromatic heterocycles. The third kappa shape index (κ3) is 8.78. The van der Waals surface area contributed by atoms with Gasteiger partial charge >= 0.3 is 6.03 Å². The third-order valence-corrected chi connectivity index (χ3v) is 2.15. The van der Waals surface area contributed by atoms with Crippen molar-refractivity contribution in [2.75, 3.05) is 13.1 Å². The lowest BCUT2D eigenvalue weighted by molar-refractivity contribution is 0.187. The number of rotatable bonds is 6. The highest BCUT2D eigenvalue weighted by Crippen LogP contribution is 2.04. The molecule has 0 heterocycles. The van der Waals surface area contributed by atoms with Gasteiger partial charge in [-0.2, -0.15) is 0 Å². The Morgan fingerprint density at radius 3 is 1.88 bits per heavy atom. The van der Waals surface area contributed by atoms with Gasteiger partial charge in [-0.25, -0.2) is 4.79 Å². The maximum atomic E-state index is 12.0. The van der Waals surface area contributed by atoms with Crippen molar-refractivity contribution in [3.8, 4) is 0 Å². The molecule has 0 aliphatic carbocycles. The van der Waals surface area contributed by atoms with Crippen LogP contribution in [-0.4, -0.2) is 24.0 Å². The van der Waals surface area contributed by atoms with Gasteiger partial charge in [0.2, 0.25) is 0 Å². The summed E-state index contributed by atoms with van der Waals surface area (Å²) in [7, 11) is 0. The highest BCUT2D eigenvalue weighted by molar-refractivity contribution is 5.75. The van der Waals surface area contributed by atoms with E-state index < -0.39 is 0 Å². The van der Waals surface area contributed by atoms with Gasteiger partial charge in [-0.1, -0.05) is 47.6 Å². The molecule has 0 radical (unpaired) electrons. The van der Waals surface area contributed by atoms with Crippen LogP contribution in [0.4, 0.5) is 4.79 Å². The van der Waals surface area contributed by atoms with Crippen LogP contribution >= 0.6 is 0 Å². The first-order valence-corrected chi connectivity index (χ1v) is 6.55. The molecular formula is C14H28N2O. The summed E-state index contributed by atoms with van der Waals surface area (Å²) in [5.41, 5.74) is 0. The molecule has 100 valence electrons. The number of hydrogen-bond acceptors (Lipinski definition) is 1. The van der Waals surface area contributed by atoms with Gasteiger partial charge < -0.3 is 10.2 Å². The monoisotopic (exact) mass is 240 g/mol. The zero-order chi connectivity index (χ0) is 13.4. The summed E-state index contributed by atoms with van der Waals surface area (Å²) < 4.78 is 0. The smallest absolute Gasteiger partial charge is 0.321 e. The molecule has 0 aliphatic rings. The van der Waals surface area contributed by atoms with E-state index in [2.05, 4.69) is 46.9 Å². The number of carbonyl (C=O) groups excluding carboxylic acids is 1. The fraction of sp³-hybridized carbons (Fsp3) is 0.786. The molecule has 0 bridgehead atoms. The first-order valence-electron chi connectivity index (χ1n) is 6.55. The summed E-state index contributed by atoms with van der Waals surface area (Å²) in [6, 6.07) is 0.00398. The molecule has 0 saturated carbocycles. The van der Waals surface area contributed by atoms with Gasteiger partial charge in [-0.3, -0.25) is 0 Å². The fourth-order valence-electron chi connectivity index (χ4n) is 1.53. The SMILES string of the molecule is CC(C)/C=C/NC(=O)N(CC(C)C)CC(C)C. The Bertz CT molecular complexity index is 235. The maximum Gasteiger partial charge on any atom is 0.321 e. The summed E-state index contributed by atoms with van der Waals surface area (Å²) in [4.78, 5) is 13.8. The lowest BCUT2D eigenvalue weighted by atomic mass is 10.1. The minimum atomic E-state index is 0.00398. The summed E-state index contributed by atoms with van der Waals surface area (Å²) in [5.74, 6) is 1.45. The van der Waals surface area contributed by atoms with Crippen molar-refractivity contribution in [2.24, 2.45) is 17.8 Å². The van der Waals surface area contributed by atoms with E-state index >= 15 is 0 Å². The minimum absolute atomic E-state index is 0.00398. The average Bonchev–Trinajstić information content (AvgIpc) is 2.14. The molecule has 3 nitrogen and oxygen atoms in total. The molecule has 0 aromatic carbocycles. The van der Waals surface area contributed by atoms with E-state index in [-0.39, 0.29) is 6.03 Å². The van der Waals surface area contributed by atoms with Crippen LogP contribution in [0.2, 0.25) is 0 Å². The predicted octanol–water partition coefficient (Wildman–Crippen LogP) is 3.48. The zero-order valence-corrected chi connectivity index (χ0v) is 12.2. The highest BCUT2D eigenvalue weighted by Gasteiger charge is 2.14. The summed E-state index contributed by atoms with van der Waals surface area (Å²) in [6.07, 6.45) is 3.74. The van der Waals surface area contributed by atoms with Crippen molar-refractivity contribution in [1.29, 1.82) is 0 Å². The average molecular weight is 240 g/mol. The highest BCUT2D eigenvalue weighted by atomic mass is 16.2. The summed E-state index contributed by atoms with van der Waals surface area (Å²) in [5, 5.41) is 2.83. The van der Waals surface area contributed by atoms with Crippen molar-refractivity contribution < 1.29 is 4.79 Å². The number of carbonyl (C=O) groups is 1. The van der Waals surface area contributed by atoms with Crippen molar-refractivity contribution in [3.05, 3.63) is 12.3 Å². The van der Waals surface area contributed by atoms with Crippen LogP contribution in [0.5, 0.6) is 0 Å². The van der Waals surface area contributed by atoms with Crippen molar-refractivity contribution in [2.45, 2.75) is 41.5 Å². The van der Waals surface area contributed by atoms with Crippen molar-refractivity contribution in [1.82, 2.24) is 10.2 Å². The van der Waals surface area contributed by atoms with E-state index in [9.17, 15) is 4.79 Å². The van der Waals surface area contributed by atoms with Gasteiger partial charge in [0, 0.05) is 19.3 Å². The van der Waals surface area contributed by atoms with Crippen LogP contribution in [0.25, 0.3) is 0 Å². The van der Waals surface area contributed by atoms with E-state index in [4.69, 9.17) is 0 Å². The van der Waals surface area contributed by atoms with E-state index in [1.54, 1.807) is 6.20 Å². The molecule has 0 unspecified atom stereocenters. The molecule has 2 amide bonds. The second-order valence-electron chi connectivity index (χ2n) is 5.75. The molecule has 0 aliphatic heterocycles. The quantitative estimate of drug-likeness (QED) is 0.757. The van der Waals surface area contributed by atoms with Crippen LogP contribution in [0.1, 0.15) is 41.5 Å². The van der Waals surface area contributed by atoms with Gasteiger partial charge in [0.05, 0.1) is 0 Å². The lowest BCUT2D eigenvalue weighted by Gasteiger charge is -2.25. The topological polar surface area (TPSA) is 32.3 Å². The third-order valence-electron chi connectivity index (χ3n) is 2.15. The van der Waals surface area contributed by atoms with E-state index in [1.165, 1.54) is 0 Å². The van der Waals surface area contributed by atoms with Crippen LogP contribution < -0.4 is 5.32 Å². The zero-order valence-electron chi connectivity index (χ0n) is 12.2. The molecule has 0 aromatic rings. The number of urea groups is 1. The maximum absolute atomic E-state index is 12.0. The van der Waals surface area contributed by atoms with Crippen molar-refractivity contribution in [3.63, 3.8) is 0 Å². The van der Waals surface area contributed by atoms with Crippen LogP contribution in [0.3, 0.4) is 0 Å². The summed E-state index contributed by atoms with van der Waals surface area (Å²) in [6.45, 7) is 14.3. The number of hydrogen-bond donors (Lipinski definition) is 1. The molecule has 0 fully saturated rings. The second kappa shape index (κ2) is 8.15. The van der Waals surface area contributed by atoms with Crippen LogP contribution in [0, 0.1) is 17.8 Å². The first-order chi connectivity index (χ1) is 7.82. The molecule has 0 atom stereocenters. The van der Waals surface area contributed by atoms with E-state index in [0.717, 1.165) is 13.1 Å². The molecule has 0 saturated heterocycles. The van der Waals surface area contributed by atoms with E-state index in [0.29, 0.717) is 17.8 Å². The molecule has 17 heavy (non-hydrogen) atoms. The van der Waals surface area contributed by atoms with Gasteiger partial charge in [-0.15, -0.1) is 0 Å². The van der Waals surface area contributed by atoms with Gasteiger partial charge in [-0.05, 0) is 17.8 Å². The minimum Gasteiger partial charge on any atom is -0.324 e. The normalized spacial score (nSPS) is 11.8. The molecule has 0 spiro atoms. The Hall–Kier alpha value is -0.990. The Labute approximate surface area is 106 Å². The van der Waals surface area contributed by atoms with Gasteiger partial charge in [0.15, 0.2) is 0 Å². The Balaban J connectivity index is 4.31. The Morgan fingerprint density at radius 1 is 1.06 bits per heavy atom. The molecule has 3 heteroatoms. The standard InChI is InChI=1S/C14H28N2O/c1-11(2)7-8-15-14(17)16(9-12(3)4)10-13(5)6/h7-8,11-13H,9-10H2,1-6H3,(H,15,17)/b8-7+.